The predicted octanol–water partition coefficient (Wildman–Crippen LogP) is 3.06. The average molecular weight is 420 g/mol. The second-order valence-corrected chi connectivity index (χ2v) is 7.09. The van der Waals surface area contributed by atoms with Crippen molar-refractivity contribution in [2.24, 2.45) is 0 Å². The summed E-state index contributed by atoms with van der Waals surface area (Å²) >= 11 is 0. The zero-order valence-corrected chi connectivity index (χ0v) is 15.4. The Kier molecular flexibility index (Phi) is 3.57. The molecular weight excluding hydrogens is 408 g/mol. The number of carboxylic acids is 2. The van der Waals surface area contributed by atoms with Crippen molar-refractivity contribution in [2.75, 3.05) is 0 Å². The number of carboxylic acid groups (broad SMARTS) is 2. The van der Waals surface area contributed by atoms with Gasteiger partial charge in [-0.2, -0.15) is 0 Å². The summed E-state index contributed by atoms with van der Waals surface area (Å²) in [7, 11) is 0. The largest absolute Gasteiger partial charge is 0.508 e. The molecule has 0 bridgehead atoms. The molecule has 2 aliphatic rings. The molecular formula is C22H12O9. The average Bonchev–Trinajstić information content (AvgIpc) is 2.99. The van der Waals surface area contributed by atoms with Crippen LogP contribution in [-0.2, 0) is 10.3 Å². The van der Waals surface area contributed by atoms with Gasteiger partial charge in [0, 0.05) is 28.8 Å². The molecule has 0 radical (unpaired) electrons. The maximum Gasteiger partial charge on any atom is 0.340 e. The Morgan fingerprint density at radius 1 is 0.742 bits per heavy atom. The third-order valence-electron chi connectivity index (χ3n) is 5.37. The van der Waals surface area contributed by atoms with E-state index in [4.69, 9.17) is 9.47 Å². The third-order valence-corrected chi connectivity index (χ3v) is 5.37. The van der Waals surface area contributed by atoms with E-state index in [-0.39, 0.29) is 34.1 Å². The second-order valence-electron chi connectivity index (χ2n) is 7.09. The van der Waals surface area contributed by atoms with E-state index in [0.29, 0.717) is 11.1 Å². The number of benzene rings is 3. The molecule has 1 spiro atoms. The Morgan fingerprint density at radius 3 is 1.77 bits per heavy atom. The number of rotatable bonds is 2. The molecule has 0 aliphatic carbocycles. The summed E-state index contributed by atoms with van der Waals surface area (Å²) in [5, 5.41) is 38.8. The molecule has 154 valence electrons. The first kappa shape index (κ1) is 18.5. The molecule has 2 heterocycles. The molecule has 4 N–H and O–H groups in total. The van der Waals surface area contributed by atoms with Crippen LogP contribution in [-0.4, -0.2) is 38.3 Å². The zero-order valence-electron chi connectivity index (χ0n) is 15.4. The number of phenolic OH excluding ortho intramolecular Hbond substituents is 2. The molecule has 9 heteroatoms. The van der Waals surface area contributed by atoms with Crippen LogP contribution >= 0.6 is 0 Å². The summed E-state index contributed by atoms with van der Waals surface area (Å²) < 4.78 is 11.6. The Labute approximate surface area is 173 Å². The Morgan fingerprint density at radius 2 is 1.26 bits per heavy atom. The van der Waals surface area contributed by atoms with Gasteiger partial charge in [-0.25, -0.2) is 14.4 Å². The fraction of sp³-hybridized carbons (Fsp3) is 0.0455. The molecule has 5 rings (SSSR count). The highest BCUT2D eigenvalue weighted by Crippen LogP contribution is 2.57. The van der Waals surface area contributed by atoms with Gasteiger partial charge >= 0.3 is 17.9 Å². The molecule has 0 fully saturated rings. The summed E-state index contributed by atoms with van der Waals surface area (Å²) in [5.41, 5.74) is -2.13. The maximum atomic E-state index is 12.8. The van der Waals surface area contributed by atoms with Gasteiger partial charge in [-0.3, -0.25) is 0 Å². The summed E-state index contributed by atoms with van der Waals surface area (Å²) in [5.74, 6) is -3.86. The minimum Gasteiger partial charge on any atom is -0.508 e. The number of hydrogen-bond donors (Lipinski definition) is 4. The normalized spacial score (nSPS) is 14.8. The van der Waals surface area contributed by atoms with E-state index in [9.17, 15) is 34.8 Å². The molecule has 31 heavy (non-hydrogen) atoms. The first-order valence-electron chi connectivity index (χ1n) is 8.95. The number of ether oxygens (including phenoxy) is 2. The van der Waals surface area contributed by atoms with E-state index < -0.39 is 34.6 Å². The lowest BCUT2D eigenvalue weighted by molar-refractivity contribution is 0.0224. The van der Waals surface area contributed by atoms with Crippen molar-refractivity contribution < 1.29 is 44.3 Å². The van der Waals surface area contributed by atoms with Crippen LogP contribution in [0.1, 0.15) is 47.8 Å². The highest BCUT2D eigenvalue weighted by Gasteiger charge is 2.54. The number of phenols is 2. The van der Waals surface area contributed by atoms with Crippen LogP contribution < -0.4 is 4.74 Å². The number of aromatic hydroxyl groups is 2. The fourth-order valence-electron chi connectivity index (χ4n) is 4.10. The highest BCUT2D eigenvalue weighted by atomic mass is 16.6. The number of fused-ring (bicyclic) bond motifs is 6. The van der Waals surface area contributed by atoms with Crippen molar-refractivity contribution in [3.63, 3.8) is 0 Å². The Bertz CT molecular complexity index is 1290. The van der Waals surface area contributed by atoms with Crippen LogP contribution in [0.25, 0.3) is 0 Å². The van der Waals surface area contributed by atoms with Gasteiger partial charge in [0.1, 0.15) is 23.0 Å². The molecule has 3 aromatic carbocycles. The lowest BCUT2D eigenvalue weighted by Gasteiger charge is -2.36. The minimum atomic E-state index is -1.67. The topological polar surface area (TPSA) is 151 Å². The van der Waals surface area contributed by atoms with Gasteiger partial charge in [-0.05, 0) is 36.4 Å². The van der Waals surface area contributed by atoms with Gasteiger partial charge in [0.2, 0.25) is 0 Å². The van der Waals surface area contributed by atoms with Crippen molar-refractivity contribution >= 4 is 17.9 Å². The number of carbonyl (C=O) groups is 3. The molecule has 0 amide bonds. The van der Waals surface area contributed by atoms with Gasteiger partial charge in [-0.15, -0.1) is 0 Å². The van der Waals surface area contributed by atoms with Gasteiger partial charge < -0.3 is 29.9 Å². The molecule has 0 saturated heterocycles. The highest BCUT2D eigenvalue weighted by molar-refractivity contribution is 6.06. The van der Waals surface area contributed by atoms with Crippen molar-refractivity contribution in [1.82, 2.24) is 0 Å². The smallest absolute Gasteiger partial charge is 0.340 e. The molecule has 0 atom stereocenters. The quantitative estimate of drug-likeness (QED) is 0.459. The van der Waals surface area contributed by atoms with Gasteiger partial charge in [0.15, 0.2) is 5.60 Å². The number of aromatic carboxylic acids is 2. The molecule has 0 saturated carbocycles. The molecule has 9 nitrogen and oxygen atoms in total. The summed E-state index contributed by atoms with van der Waals surface area (Å²) in [6.45, 7) is 0. The second kappa shape index (κ2) is 5.99. The summed E-state index contributed by atoms with van der Waals surface area (Å²) in [6, 6.07) is 10.3. The first-order valence-corrected chi connectivity index (χ1v) is 8.95. The molecule has 0 aromatic heterocycles. The van der Waals surface area contributed by atoms with Crippen LogP contribution in [0.15, 0.2) is 48.5 Å². The van der Waals surface area contributed by atoms with Crippen LogP contribution in [0.4, 0.5) is 0 Å². The predicted molar refractivity (Wildman–Crippen MR) is 102 cm³/mol. The van der Waals surface area contributed by atoms with E-state index in [1.165, 1.54) is 36.4 Å². The van der Waals surface area contributed by atoms with E-state index in [2.05, 4.69) is 0 Å². The first-order chi connectivity index (χ1) is 14.7. The molecule has 2 aliphatic heterocycles. The van der Waals surface area contributed by atoms with Crippen molar-refractivity contribution in [1.29, 1.82) is 0 Å². The van der Waals surface area contributed by atoms with Gasteiger partial charge in [0.25, 0.3) is 0 Å². The van der Waals surface area contributed by atoms with Crippen LogP contribution in [0.2, 0.25) is 0 Å². The van der Waals surface area contributed by atoms with Crippen LogP contribution in [0.3, 0.4) is 0 Å². The van der Waals surface area contributed by atoms with Gasteiger partial charge in [-0.1, -0.05) is 0 Å². The summed E-state index contributed by atoms with van der Waals surface area (Å²) in [4.78, 5) is 36.2. The zero-order chi connectivity index (χ0) is 22.1. The standard InChI is InChI=1S/C22H12O9/c23-9-1-3-14-17(5-9)30-18-6-10(24)2-4-15(18)22(14)16-8-12(20(27)28)11(19(25)26)7-13(16)21(29)31-22/h1-8,23-24H,(H,25,26)(H,27,28). The lowest BCUT2D eigenvalue weighted by atomic mass is 9.76. The number of hydrogen-bond acceptors (Lipinski definition) is 7. The van der Waals surface area contributed by atoms with Crippen molar-refractivity contribution in [3.8, 4) is 23.0 Å². The van der Waals surface area contributed by atoms with Crippen molar-refractivity contribution in [2.45, 2.75) is 5.60 Å². The Balaban J connectivity index is 1.91. The van der Waals surface area contributed by atoms with Gasteiger partial charge in [0.05, 0.1) is 16.7 Å². The van der Waals surface area contributed by atoms with Crippen LogP contribution in [0.5, 0.6) is 23.0 Å². The molecule has 3 aromatic rings. The van der Waals surface area contributed by atoms with Crippen molar-refractivity contribution in [3.05, 3.63) is 81.9 Å². The lowest BCUT2D eigenvalue weighted by Crippen LogP contribution is -2.33. The van der Waals surface area contributed by atoms with E-state index in [1.54, 1.807) is 0 Å². The SMILES string of the molecule is O=C(O)c1cc2c(cc1C(=O)O)C1(OC2=O)c2ccc(O)cc2Oc2cc(O)ccc21. The number of esters is 1. The van der Waals surface area contributed by atoms with Crippen LogP contribution in [0, 0.1) is 0 Å². The monoisotopic (exact) mass is 420 g/mol. The van der Waals surface area contributed by atoms with E-state index in [0.717, 1.165) is 12.1 Å². The minimum absolute atomic E-state index is 0.109. The summed E-state index contributed by atoms with van der Waals surface area (Å²) in [6.07, 6.45) is 0. The van der Waals surface area contributed by atoms with E-state index >= 15 is 0 Å². The maximum absolute atomic E-state index is 12.8. The number of carbonyl (C=O) groups excluding carboxylic acids is 1. The fourth-order valence-corrected chi connectivity index (χ4v) is 4.10. The Hall–Kier alpha value is -4.53. The molecule has 0 unspecified atom stereocenters. The third kappa shape index (κ3) is 2.40. The van der Waals surface area contributed by atoms with E-state index in [1.807, 2.05) is 0 Å².